The minimum atomic E-state index is -0.859. The molecule has 3 N–H and O–H groups in total. The van der Waals surface area contributed by atoms with Crippen LogP contribution in [0.4, 0.5) is 0 Å². The summed E-state index contributed by atoms with van der Waals surface area (Å²) in [5.74, 6) is 0. The number of aromatic nitrogens is 2. The molecule has 1 fully saturated rings. The molecule has 17 heavy (non-hydrogen) atoms. The van der Waals surface area contributed by atoms with Crippen molar-refractivity contribution >= 4 is 11.6 Å². The van der Waals surface area contributed by atoms with Crippen LogP contribution < -0.4 is 11.2 Å². The monoisotopic (exact) mass is 262 g/mol. The second kappa shape index (κ2) is 4.61. The first-order chi connectivity index (χ1) is 8.02. The summed E-state index contributed by atoms with van der Waals surface area (Å²) in [6, 6.07) is 0. The van der Waals surface area contributed by atoms with Crippen LogP contribution in [-0.4, -0.2) is 38.6 Å². The lowest BCUT2D eigenvalue weighted by Gasteiger charge is -2.14. The molecule has 3 atom stereocenters. The first-order valence-corrected chi connectivity index (χ1v) is 5.36. The van der Waals surface area contributed by atoms with Crippen LogP contribution in [-0.2, 0) is 4.74 Å². The molecule has 0 bridgehead atoms. The average Bonchev–Trinajstić information content (AvgIpc) is 2.65. The number of aliphatic hydroxyl groups excluding tert-OH is 2. The number of aliphatic hydroxyl groups is 2. The number of nitrogens with zero attached hydrogens (tertiary/aromatic N) is 1. The van der Waals surface area contributed by atoms with E-state index in [4.69, 9.17) is 21.4 Å². The lowest BCUT2D eigenvalue weighted by atomic mass is 10.2. The standard InChI is InChI=1S/C9H11ClN2O5/c10-4-2-12(9(16)11-8(4)15)7-1-5(14)6(3-13)17-7/h2,5-7,13-14H,1,3H2,(H,11,15,16)/t5-,6+,7-/m1/s1. The number of hydrogen-bond acceptors (Lipinski definition) is 5. The van der Waals surface area contributed by atoms with Crippen molar-refractivity contribution in [1.29, 1.82) is 0 Å². The molecule has 94 valence electrons. The Morgan fingerprint density at radius 3 is 2.88 bits per heavy atom. The number of halogens is 1. The van der Waals surface area contributed by atoms with E-state index in [-0.39, 0.29) is 18.1 Å². The summed E-state index contributed by atoms with van der Waals surface area (Å²) < 4.78 is 6.35. The predicted molar refractivity (Wildman–Crippen MR) is 58.0 cm³/mol. The highest BCUT2D eigenvalue weighted by molar-refractivity contribution is 6.30. The Labute approximate surface area is 100 Å². The van der Waals surface area contributed by atoms with Gasteiger partial charge in [-0.3, -0.25) is 14.3 Å². The SMILES string of the molecule is O=c1[nH]c(=O)n([C@H]2C[C@@H](O)[C@H](CO)O2)cc1Cl. The van der Waals surface area contributed by atoms with Crippen molar-refractivity contribution in [3.63, 3.8) is 0 Å². The van der Waals surface area contributed by atoms with Gasteiger partial charge in [0.1, 0.15) is 17.4 Å². The number of nitrogens with one attached hydrogen (secondary N) is 1. The third-order valence-corrected chi connectivity index (χ3v) is 2.89. The Hall–Kier alpha value is -1.15. The molecule has 0 spiro atoms. The van der Waals surface area contributed by atoms with Gasteiger partial charge >= 0.3 is 5.69 Å². The second-order valence-electron chi connectivity index (χ2n) is 3.76. The third-order valence-electron chi connectivity index (χ3n) is 2.62. The van der Waals surface area contributed by atoms with E-state index in [1.807, 2.05) is 4.98 Å². The van der Waals surface area contributed by atoms with E-state index in [0.29, 0.717) is 0 Å². The summed E-state index contributed by atoms with van der Waals surface area (Å²) >= 11 is 5.60. The first kappa shape index (κ1) is 12.3. The normalized spacial score (nSPS) is 28.5. The van der Waals surface area contributed by atoms with Gasteiger partial charge in [0.2, 0.25) is 0 Å². The van der Waals surface area contributed by atoms with Crippen molar-refractivity contribution in [2.75, 3.05) is 6.61 Å². The smallest absolute Gasteiger partial charge is 0.330 e. The minimum absolute atomic E-state index is 0.143. The quantitative estimate of drug-likeness (QED) is 0.623. The summed E-state index contributed by atoms with van der Waals surface area (Å²) in [5.41, 5.74) is -1.35. The molecule has 2 heterocycles. The summed E-state index contributed by atoms with van der Waals surface area (Å²) in [5, 5.41) is 18.3. The van der Waals surface area contributed by atoms with E-state index in [0.717, 1.165) is 10.8 Å². The molecule has 1 saturated heterocycles. The molecule has 0 aromatic carbocycles. The van der Waals surface area contributed by atoms with E-state index in [1.54, 1.807) is 0 Å². The summed E-state index contributed by atoms with van der Waals surface area (Å²) in [6.07, 6.45) is -1.04. The Bertz CT molecular complexity index is 525. The van der Waals surface area contributed by atoms with Crippen LogP contribution >= 0.6 is 11.6 Å². The third kappa shape index (κ3) is 2.27. The Morgan fingerprint density at radius 1 is 1.59 bits per heavy atom. The molecular formula is C9H11ClN2O5. The van der Waals surface area contributed by atoms with E-state index in [1.165, 1.54) is 0 Å². The summed E-state index contributed by atoms with van der Waals surface area (Å²) in [7, 11) is 0. The van der Waals surface area contributed by atoms with Gasteiger partial charge < -0.3 is 14.9 Å². The molecule has 1 aromatic heterocycles. The molecule has 0 radical (unpaired) electrons. The molecule has 0 aliphatic carbocycles. The fourth-order valence-electron chi connectivity index (χ4n) is 1.72. The fourth-order valence-corrected chi connectivity index (χ4v) is 1.88. The van der Waals surface area contributed by atoms with E-state index < -0.39 is 29.7 Å². The van der Waals surface area contributed by atoms with Gasteiger partial charge in [0.25, 0.3) is 5.56 Å². The van der Waals surface area contributed by atoms with Gasteiger partial charge in [0, 0.05) is 12.6 Å². The number of ether oxygens (including phenoxy) is 1. The van der Waals surface area contributed by atoms with Crippen LogP contribution in [0.3, 0.4) is 0 Å². The number of rotatable bonds is 2. The lowest BCUT2D eigenvalue weighted by Crippen LogP contribution is -2.32. The highest BCUT2D eigenvalue weighted by atomic mass is 35.5. The highest BCUT2D eigenvalue weighted by Gasteiger charge is 2.35. The average molecular weight is 263 g/mol. The van der Waals surface area contributed by atoms with Gasteiger partial charge in [-0.25, -0.2) is 4.79 Å². The van der Waals surface area contributed by atoms with Crippen molar-refractivity contribution in [2.24, 2.45) is 0 Å². The first-order valence-electron chi connectivity index (χ1n) is 4.98. The van der Waals surface area contributed by atoms with Crippen LogP contribution in [0.5, 0.6) is 0 Å². The van der Waals surface area contributed by atoms with Crippen molar-refractivity contribution in [2.45, 2.75) is 24.9 Å². The van der Waals surface area contributed by atoms with Crippen molar-refractivity contribution in [3.05, 3.63) is 32.1 Å². The maximum absolute atomic E-state index is 11.5. The van der Waals surface area contributed by atoms with Crippen LogP contribution in [0.15, 0.2) is 15.8 Å². The molecule has 2 rings (SSSR count). The van der Waals surface area contributed by atoms with Gasteiger partial charge in [-0.1, -0.05) is 11.6 Å². The van der Waals surface area contributed by atoms with Gasteiger partial charge in [0.15, 0.2) is 0 Å². The van der Waals surface area contributed by atoms with Crippen molar-refractivity contribution < 1.29 is 14.9 Å². The van der Waals surface area contributed by atoms with E-state index in [2.05, 4.69) is 0 Å². The summed E-state index contributed by atoms with van der Waals surface area (Å²) in [6.45, 7) is -0.344. The molecular weight excluding hydrogens is 252 g/mol. The minimum Gasteiger partial charge on any atom is -0.394 e. The Morgan fingerprint density at radius 2 is 2.29 bits per heavy atom. The predicted octanol–water partition coefficient (Wildman–Crippen LogP) is -1.17. The Balaban J connectivity index is 2.34. The molecule has 7 nitrogen and oxygen atoms in total. The zero-order valence-corrected chi connectivity index (χ0v) is 9.42. The largest absolute Gasteiger partial charge is 0.394 e. The molecule has 1 aliphatic rings. The molecule has 1 aromatic rings. The van der Waals surface area contributed by atoms with Crippen molar-refractivity contribution in [3.8, 4) is 0 Å². The second-order valence-corrected chi connectivity index (χ2v) is 4.17. The fraction of sp³-hybridized carbons (Fsp3) is 0.556. The van der Waals surface area contributed by atoms with Crippen LogP contribution in [0.2, 0.25) is 5.02 Å². The van der Waals surface area contributed by atoms with E-state index in [9.17, 15) is 14.7 Å². The Kier molecular flexibility index (Phi) is 3.34. The molecule has 1 aliphatic heterocycles. The van der Waals surface area contributed by atoms with Gasteiger partial charge in [0.05, 0.1) is 12.7 Å². The topological polar surface area (TPSA) is 105 Å². The van der Waals surface area contributed by atoms with Gasteiger partial charge in [-0.05, 0) is 0 Å². The maximum Gasteiger partial charge on any atom is 0.330 e. The molecule has 0 unspecified atom stereocenters. The number of hydrogen-bond donors (Lipinski definition) is 3. The van der Waals surface area contributed by atoms with Crippen LogP contribution in [0.1, 0.15) is 12.6 Å². The maximum atomic E-state index is 11.5. The molecule has 0 saturated carbocycles. The highest BCUT2D eigenvalue weighted by Crippen LogP contribution is 2.27. The number of H-pyrrole nitrogens is 1. The van der Waals surface area contributed by atoms with Crippen LogP contribution in [0, 0.1) is 0 Å². The zero-order chi connectivity index (χ0) is 12.6. The molecule has 8 heteroatoms. The summed E-state index contributed by atoms with van der Waals surface area (Å²) in [4.78, 5) is 24.6. The zero-order valence-electron chi connectivity index (χ0n) is 8.67. The van der Waals surface area contributed by atoms with E-state index >= 15 is 0 Å². The molecule has 0 amide bonds. The van der Waals surface area contributed by atoms with Gasteiger partial charge in [-0.2, -0.15) is 0 Å². The lowest BCUT2D eigenvalue weighted by molar-refractivity contribution is -0.0459. The van der Waals surface area contributed by atoms with Crippen molar-refractivity contribution in [1.82, 2.24) is 9.55 Å². The number of aromatic amines is 1. The van der Waals surface area contributed by atoms with Crippen LogP contribution in [0.25, 0.3) is 0 Å². The van der Waals surface area contributed by atoms with Gasteiger partial charge in [-0.15, -0.1) is 0 Å².